The van der Waals surface area contributed by atoms with Gasteiger partial charge in [0.15, 0.2) is 5.82 Å². The summed E-state index contributed by atoms with van der Waals surface area (Å²) < 4.78 is 22.9. The number of methoxy groups -OCH3 is 2. The van der Waals surface area contributed by atoms with Crippen molar-refractivity contribution in [1.82, 2.24) is 9.88 Å². The molecule has 1 saturated heterocycles. The molecule has 2 heterocycles. The van der Waals surface area contributed by atoms with E-state index < -0.39 is 11.7 Å². The normalized spacial score (nSPS) is 14.9. The first-order chi connectivity index (χ1) is 27.8. The van der Waals surface area contributed by atoms with Crippen LogP contribution >= 0.6 is 0 Å². The summed E-state index contributed by atoms with van der Waals surface area (Å²) in [7, 11) is 5.29. The third kappa shape index (κ3) is 10.4. The number of nitrogens with zero attached hydrogens (tertiary/aromatic N) is 5. The second-order valence-corrected chi connectivity index (χ2v) is 16.4. The molecule has 0 spiro atoms. The van der Waals surface area contributed by atoms with Crippen LogP contribution in [0.4, 0.5) is 27.7 Å². The van der Waals surface area contributed by atoms with Crippen LogP contribution in [0.5, 0.6) is 23.0 Å². The van der Waals surface area contributed by atoms with Crippen molar-refractivity contribution in [2.75, 3.05) is 49.1 Å². The van der Waals surface area contributed by atoms with Crippen molar-refractivity contribution in [3.05, 3.63) is 127 Å². The summed E-state index contributed by atoms with van der Waals surface area (Å²) in [5, 5.41) is 0. The molecule has 1 aliphatic rings. The smallest absolute Gasteiger partial charge is 0.410 e. The summed E-state index contributed by atoms with van der Waals surface area (Å²) in [5.74, 6) is 3.64. The predicted octanol–water partition coefficient (Wildman–Crippen LogP) is 9.86. The lowest BCUT2D eigenvalue weighted by atomic mass is 9.81. The van der Waals surface area contributed by atoms with Crippen LogP contribution in [0.2, 0.25) is 0 Å². The summed E-state index contributed by atoms with van der Waals surface area (Å²) in [5.41, 5.74) is 3.38. The van der Waals surface area contributed by atoms with E-state index in [1.54, 1.807) is 30.2 Å². The highest BCUT2D eigenvalue weighted by Gasteiger charge is 2.40. The summed E-state index contributed by atoms with van der Waals surface area (Å²) in [6.07, 6.45) is 2.90. The number of likely N-dealkylation sites (tertiary alicyclic amines) is 1. The van der Waals surface area contributed by atoms with E-state index in [9.17, 15) is 9.59 Å². The van der Waals surface area contributed by atoms with Gasteiger partial charge in [-0.2, -0.15) is 0 Å². The quantitative estimate of drug-likeness (QED) is 0.102. The maximum Gasteiger partial charge on any atom is 0.410 e. The Morgan fingerprint density at radius 3 is 1.90 bits per heavy atom. The van der Waals surface area contributed by atoms with Crippen molar-refractivity contribution >= 4 is 35.4 Å². The van der Waals surface area contributed by atoms with Crippen LogP contribution in [-0.2, 0) is 22.6 Å². The number of amides is 2. The Kier molecular flexibility index (Phi) is 12.8. The van der Waals surface area contributed by atoms with Crippen LogP contribution in [-0.4, -0.2) is 68.4 Å². The Morgan fingerprint density at radius 1 is 0.810 bits per heavy atom. The van der Waals surface area contributed by atoms with Gasteiger partial charge in [0.2, 0.25) is 6.41 Å². The largest absolute Gasteiger partial charge is 0.497 e. The monoisotopic (exact) mass is 785 g/mol. The van der Waals surface area contributed by atoms with Crippen molar-refractivity contribution in [1.29, 1.82) is 0 Å². The highest BCUT2D eigenvalue weighted by atomic mass is 16.6. The van der Waals surface area contributed by atoms with Gasteiger partial charge in [-0.3, -0.25) is 4.79 Å². The van der Waals surface area contributed by atoms with Gasteiger partial charge in [-0.1, -0.05) is 56.3 Å². The average molecular weight is 786 g/mol. The first-order valence-electron chi connectivity index (χ1n) is 19.5. The van der Waals surface area contributed by atoms with Crippen LogP contribution < -0.4 is 28.9 Å². The maximum atomic E-state index is 13.5. The van der Waals surface area contributed by atoms with Gasteiger partial charge in [-0.15, -0.1) is 0 Å². The Balaban J connectivity index is 1.46. The Hall–Kier alpha value is -6.23. The van der Waals surface area contributed by atoms with Crippen molar-refractivity contribution in [3.8, 4) is 23.0 Å². The van der Waals surface area contributed by atoms with Gasteiger partial charge in [0.25, 0.3) is 0 Å². The molecule has 1 unspecified atom stereocenters. The first kappa shape index (κ1) is 41.4. The number of ether oxygens (including phenoxy) is 4. The molecule has 11 heteroatoms. The molecule has 0 bridgehead atoms. The number of para-hydroxylation sites is 1. The SMILES string of the molecule is COc1ccc(CN(Cc2ccc(OC)cc2)c2nccc(N(C=O)C3CN(C(=O)OC(C)(C)C)CC(C)(C)C3)c2N(C)c2ccc(Oc3ccccc3)cc2)cc1. The number of piperidine rings is 1. The number of pyridine rings is 1. The van der Waals surface area contributed by atoms with Gasteiger partial charge in [-0.25, -0.2) is 9.78 Å². The molecule has 0 N–H and O–H groups in total. The predicted molar refractivity (Wildman–Crippen MR) is 230 cm³/mol. The molecule has 1 atom stereocenters. The fourth-order valence-electron chi connectivity index (χ4n) is 7.39. The molecule has 6 rings (SSSR count). The molecular weight excluding hydrogens is 731 g/mol. The molecule has 0 aliphatic carbocycles. The second kappa shape index (κ2) is 17.9. The summed E-state index contributed by atoms with van der Waals surface area (Å²) >= 11 is 0. The number of carbonyl (C=O) groups excluding carboxylic acids is 2. The minimum Gasteiger partial charge on any atom is -0.497 e. The zero-order valence-electron chi connectivity index (χ0n) is 34.8. The molecule has 0 radical (unpaired) electrons. The maximum absolute atomic E-state index is 13.5. The number of anilines is 4. The molecule has 5 aromatic rings. The van der Waals surface area contributed by atoms with E-state index in [2.05, 4.69) is 23.6 Å². The molecule has 4 aromatic carbocycles. The second-order valence-electron chi connectivity index (χ2n) is 16.4. The molecule has 0 saturated carbocycles. The van der Waals surface area contributed by atoms with Crippen LogP contribution in [0, 0.1) is 5.41 Å². The first-order valence-corrected chi connectivity index (χ1v) is 19.5. The summed E-state index contributed by atoms with van der Waals surface area (Å²) in [6, 6.07) is 35.0. The molecule has 11 nitrogen and oxygen atoms in total. The zero-order chi connectivity index (χ0) is 41.5. The number of hydrogen-bond donors (Lipinski definition) is 0. The van der Waals surface area contributed by atoms with Gasteiger partial charge in [-0.05, 0) is 110 Å². The van der Waals surface area contributed by atoms with E-state index >= 15 is 0 Å². The lowest BCUT2D eigenvalue weighted by Crippen LogP contribution is -2.56. The molecule has 1 fully saturated rings. The van der Waals surface area contributed by atoms with E-state index in [4.69, 9.17) is 23.9 Å². The van der Waals surface area contributed by atoms with Crippen molar-refractivity contribution in [2.24, 2.45) is 5.41 Å². The molecule has 58 heavy (non-hydrogen) atoms. The molecular formula is C47H55N5O6. The van der Waals surface area contributed by atoms with Crippen LogP contribution in [0.15, 0.2) is 115 Å². The number of aromatic nitrogens is 1. The van der Waals surface area contributed by atoms with Crippen LogP contribution in [0.3, 0.4) is 0 Å². The lowest BCUT2D eigenvalue weighted by molar-refractivity contribution is -0.108. The fourth-order valence-corrected chi connectivity index (χ4v) is 7.39. The van der Waals surface area contributed by atoms with Crippen LogP contribution in [0.25, 0.3) is 0 Å². The van der Waals surface area contributed by atoms with Gasteiger partial charge in [0, 0.05) is 45.1 Å². The fraction of sp³-hybridized carbons (Fsp3) is 0.340. The minimum atomic E-state index is -0.659. The van der Waals surface area contributed by atoms with Gasteiger partial charge >= 0.3 is 6.09 Å². The van der Waals surface area contributed by atoms with E-state index in [0.717, 1.165) is 46.2 Å². The van der Waals surface area contributed by atoms with Gasteiger partial charge < -0.3 is 38.5 Å². The van der Waals surface area contributed by atoms with Gasteiger partial charge in [0.05, 0.1) is 25.9 Å². The third-order valence-corrected chi connectivity index (χ3v) is 10.1. The van der Waals surface area contributed by atoms with E-state index in [1.165, 1.54) is 0 Å². The lowest BCUT2D eigenvalue weighted by Gasteiger charge is -2.46. The Labute approximate surface area is 342 Å². The third-order valence-electron chi connectivity index (χ3n) is 10.1. The highest BCUT2D eigenvalue weighted by molar-refractivity contribution is 5.92. The van der Waals surface area contributed by atoms with E-state index in [0.29, 0.717) is 49.9 Å². The van der Waals surface area contributed by atoms with Crippen LogP contribution in [0.1, 0.15) is 52.2 Å². The number of rotatable bonds is 14. The summed E-state index contributed by atoms with van der Waals surface area (Å²) in [4.78, 5) is 39.9. The Bertz CT molecular complexity index is 2070. The molecule has 1 aromatic heterocycles. The van der Waals surface area contributed by atoms with E-state index in [1.807, 2.05) is 137 Å². The van der Waals surface area contributed by atoms with E-state index in [-0.39, 0.29) is 11.5 Å². The number of carbonyl (C=O) groups is 2. The molecule has 2 amide bonds. The Morgan fingerprint density at radius 2 is 1.36 bits per heavy atom. The topological polar surface area (TPSA) is 96.9 Å². The van der Waals surface area contributed by atoms with Crippen molar-refractivity contribution < 1.29 is 28.5 Å². The zero-order valence-corrected chi connectivity index (χ0v) is 34.8. The number of benzene rings is 4. The van der Waals surface area contributed by atoms with Crippen molar-refractivity contribution in [3.63, 3.8) is 0 Å². The summed E-state index contributed by atoms with van der Waals surface area (Å²) in [6.45, 7) is 11.6. The van der Waals surface area contributed by atoms with Crippen molar-refractivity contribution in [2.45, 2.75) is 65.8 Å². The standard InChI is InChI=1S/C47H55N5O6/c1-46(2,3)58-45(54)51-31-37(28-47(4,5)32-51)52(33-53)42-26-27-48-44(43(42)49(6)36-18-24-41(25-19-36)57-40-12-10-9-11-13-40)50(29-34-14-20-38(55-7)21-15-34)30-35-16-22-39(56-8)23-17-35/h9-27,33,37H,28-32H2,1-8H3. The minimum absolute atomic E-state index is 0.299. The number of hydrogen-bond acceptors (Lipinski definition) is 9. The van der Waals surface area contributed by atoms with Gasteiger partial charge in [0.1, 0.15) is 34.3 Å². The molecule has 1 aliphatic heterocycles. The molecule has 304 valence electrons. The average Bonchev–Trinajstić information content (AvgIpc) is 3.20. The highest BCUT2D eigenvalue weighted by Crippen LogP contribution is 2.44.